The molecule has 0 heterocycles. The summed E-state index contributed by atoms with van der Waals surface area (Å²) in [4.78, 5) is 11.6. The van der Waals surface area contributed by atoms with E-state index in [0.29, 0.717) is 12.1 Å². The predicted octanol–water partition coefficient (Wildman–Crippen LogP) is 2.22. The van der Waals surface area contributed by atoms with Crippen molar-refractivity contribution in [1.82, 2.24) is 10.6 Å². The average molecular weight is 252 g/mol. The maximum atomic E-state index is 13.3. The maximum absolute atomic E-state index is 13.3. The fraction of sp³-hybridized carbons (Fsp3) is 0.500. The molecule has 1 amide bonds. The molecule has 1 rings (SSSR count). The van der Waals surface area contributed by atoms with E-state index in [1.54, 1.807) is 18.2 Å². The number of halogens is 1. The third-order valence-electron chi connectivity index (χ3n) is 2.92. The second kappa shape index (κ2) is 6.50. The molecule has 1 aromatic rings. The van der Waals surface area contributed by atoms with Crippen LogP contribution in [0.1, 0.15) is 32.8 Å². The summed E-state index contributed by atoms with van der Waals surface area (Å²) in [5, 5.41) is 5.85. The summed E-state index contributed by atoms with van der Waals surface area (Å²) in [7, 11) is 0. The molecule has 0 aliphatic heterocycles. The van der Waals surface area contributed by atoms with E-state index in [2.05, 4.69) is 10.6 Å². The van der Waals surface area contributed by atoms with Crippen LogP contribution in [0.5, 0.6) is 0 Å². The van der Waals surface area contributed by atoms with Gasteiger partial charge >= 0.3 is 0 Å². The van der Waals surface area contributed by atoms with Gasteiger partial charge in [-0.1, -0.05) is 25.1 Å². The number of hydrogen-bond acceptors (Lipinski definition) is 2. The van der Waals surface area contributed by atoms with Crippen LogP contribution in [0.2, 0.25) is 0 Å². The Morgan fingerprint density at radius 2 is 2.00 bits per heavy atom. The zero-order chi connectivity index (χ0) is 13.6. The summed E-state index contributed by atoms with van der Waals surface area (Å²) in [6, 6.07) is 6.54. The number of amides is 1. The second-order valence-electron chi connectivity index (χ2n) is 4.98. The van der Waals surface area contributed by atoms with E-state index in [9.17, 15) is 9.18 Å². The quantitative estimate of drug-likeness (QED) is 0.815. The van der Waals surface area contributed by atoms with E-state index in [0.717, 1.165) is 6.42 Å². The van der Waals surface area contributed by atoms with Gasteiger partial charge < -0.3 is 10.6 Å². The highest BCUT2D eigenvalue weighted by molar-refractivity contribution is 5.78. The van der Waals surface area contributed by atoms with Crippen LogP contribution in [0.4, 0.5) is 4.39 Å². The minimum atomic E-state index is -0.251. The Morgan fingerprint density at radius 3 is 2.61 bits per heavy atom. The number of nitrogens with one attached hydrogen (secondary N) is 2. The number of carbonyl (C=O) groups is 1. The summed E-state index contributed by atoms with van der Waals surface area (Å²) in [6.45, 7) is 6.51. The molecule has 0 bridgehead atoms. The molecule has 0 saturated heterocycles. The van der Waals surface area contributed by atoms with Gasteiger partial charge in [-0.05, 0) is 26.3 Å². The van der Waals surface area contributed by atoms with Gasteiger partial charge in [0.25, 0.3) is 0 Å². The molecule has 4 heteroatoms. The Balaban J connectivity index is 2.34. The third-order valence-corrected chi connectivity index (χ3v) is 2.92. The molecule has 3 nitrogen and oxygen atoms in total. The molecule has 18 heavy (non-hydrogen) atoms. The van der Waals surface area contributed by atoms with E-state index < -0.39 is 0 Å². The lowest BCUT2D eigenvalue weighted by Crippen LogP contribution is -2.46. The first-order chi connectivity index (χ1) is 8.44. The van der Waals surface area contributed by atoms with Crippen molar-refractivity contribution < 1.29 is 9.18 Å². The smallest absolute Gasteiger partial charge is 0.234 e. The number of carbonyl (C=O) groups excluding carboxylic acids is 1. The van der Waals surface area contributed by atoms with Crippen LogP contribution in [0, 0.1) is 5.82 Å². The predicted molar refractivity (Wildman–Crippen MR) is 70.6 cm³/mol. The molecule has 0 aliphatic carbocycles. The van der Waals surface area contributed by atoms with E-state index >= 15 is 0 Å². The Morgan fingerprint density at radius 1 is 1.33 bits per heavy atom. The Hall–Kier alpha value is -1.42. The van der Waals surface area contributed by atoms with Crippen molar-refractivity contribution >= 4 is 5.91 Å². The topological polar surface area (TPSA) is 41.1 Å². The van der Waals surface area contributed by atoms with Crippen LogP contribution < -0.4 is 10.6 Å². The molecule has 0 fully saturated rings. The maximum Gasteiger partial charge on any atom is 0.234 e. The summed E-state index contributed by atoms with van der Waals surface area (Å²) in [6.07, 6.45) is 0.867. The SMILES string of the molecule is CCC(C)(C)NC(=O)CNCc1ccccc1F. The van der Waals surface area contributed by atoms with Gasteiger partial charge in [-0.2, -0.15) is 0 Å². The molecule has 0 spiro atoms. The van der Waals surface area contributed by atoms with E-state index in [4.69, 9.17) is 0 Å². The van der Waals surface area contributed by atoms with Crippen molar-refractivity contribution in [2.75, 3.05) is 6.54 Å². The van der Waals surface area contributed by atoms with Gasteiger partial charge in [0, 0.05) is 17.6 Å². The number of rotatable bonds is 6. The van der Waals surface area contributed by atoms with Crippen LogP contribution in [0.15, 0.2) is 24.3 Å². The molecular formula is C14H21FN2O. The van der Waals surface area contributed by atoms with Crippen molar-refractivity contribution in [2.24, 2.45) is 0 Å². The minimum absolute atomic E-state index is 0.0711. The first kappa shape index (κ1) is 14.6. The Labute approximate surface area is 108 Å². The zero-order valence-electron chi connectivity index (χ0n) is 11.2. The molecule has 0 aliphatic rings. The lowest BCUT2D eigenvalue weighted by Gasteiger charge is -2.24. The van der Waals surface area contributed by atoms with Crippen molar-refractivity contribution in [3.05, 3.63) is 35.6 Å². The van der Waals surface area contributed by atoms with Gasteiger partial charge in [-0.25, -0.2) is 4.39 Å². The fourth-order valence-electron chi connectivity index (χ4n) is 1.46. The van der Waals surface area contributed by atoms with Crippen molar-refractivity contribution in [2.45, 2.75) is 39.3 Å². The van der Waals surface area contributed by atoms with E-state index in [-0.39, 0.29) is 23.8 Å². The lowest BCUT2D eigenvalue weighted by molar-refractivity contribution is -0.121. The molecule has 0 radical (unpaired) electrons. The monoisotopic (exact) mass is 252 g/mol. The Kier molecular flexibility index (Phi) is 5.28. The molecule has 0 atom stereocenters. The highest BCUT2D eigenvalue weighted by Crippen LogP contribution is 2.07. The zero-order valence-corrected chi connectivity index (χ0v) is 11.2. The first-order valence-electron chi connectivity index (χ1n) is 6.20. The van der Waals surface area contributed by atoms with Crippen LogP contribution in [-0.4, -0.2) is 18.0 Å². The van der Waals surface area contributed by atoms with E-state index in [1.807, 2.05) is 20.8 Å². The molecule has 0 aromatic heterocycles. The van der Waals surface area contributed by atoms with Crippen molar-refractivity contribution in [3.8, 4) is 0 Å². The standard InChI is InChI=1S/C14H21FN2O/c1-4-14(2,3)17-13(18)10-16-9-11-7-5-6-8-12(11)15/h5-8,16H,4,9-10H2,1-3H3,(H,17,18). The number of hydrogen-bond donors (Lipinski definition) is 2. The normalized spacial score (nSPS) is 11.3. The van der Waals surface area contributed by atoms with Gasteiger partial charge in [0.2, 0.25) is 5.91 Å². The van der Waals surface area contributed by atoms with Crippen LogP contribution in [0.3, 0.4) is 0 Å². The van der Waals surface area contributed by atoms with Gasteiger partial charge in [0.15, 0.2) is 0 Å². The molecule has 0 saturated carbocycles. The van der Waals surface area contributed by atoms with Gasteiger partial charge in [0.1, 0.15) is 5.82 Å². The summed E-state index contributed by atoms with van der Waals surface area (Å²) in [5.74, 6) is -0.322. The van der Waals surface area contributed by atoms with Gasteiger partial charge in [-0.15, -0.1) is 0 Å². The van der Waals surface area contributed by atoms with Crippen LogP contribution in [-0.2, 0) is 11.3 Å². The van der Waals surface area contributed by atoms with Gasteiger partial charge in [-0.3, -0.25) is 4.79 Å². The summed E-state index contributed by atoms with van der Waals surface area (Å²) >= 11 is 0. The summed E-state index contributed by atoms with van der Waals surface area (Å²) in [5.41, 5.74) is 0.372. The average Bonchev–Trinajstić information content (AvgIpc) is 2.31. The minimum Gasteiger partial charge on any atom is -0.350 e. The highest BCUT2D eigenvalue weighted by atomic mass is 19.1. The second-order valence-corrected chi connectivity index (χ2v) is 4.98. The molecule has 1 aromatic carbocycles. The molecular weight excluding hydrogens is 231 g/mol. The Bertz CT molecular complexity index is 405. The van der Waals surface area contributed by atoms with E-state index in [1.165, 1.54) is 6.07 Å². The van der Waals surface area contributed by atoms with Crippen LogP contribution in [0.25, 0.3) is 0 Å². The molecule has 100 valence electrons. The largest absolute Gasteiger partial charge is 0.350 e. The molecule has 0 unspecified atom stereocenters. The van der Waals surface area contributed by atoms with Crippen molar-refractivity contribution in [3.63, 3.8) is 0 Å². The third kappa shape index (κ3) is 4.84. The molecule has 2 N–H and O–H groups in total. The van der Waals surface area contributed by atoms with Crippen LogP contribution >= 0.6 is 0 Å². The lowest BCUT2D eigenvalue weighted by atomic mass is 10.0. The fourth-order valence-corrected chi connectivity index (χ4v) is 1.46. The van der Waals surface area contributed by atoms with Gasteiger partial charge in [0.05, 0.1) is 6.54 Å². The summed E-state index contributed by atoms with van der Waals surface area (Å²) < 4.78 is 13.3. The number of benzene rings is 1. The first-order valence-corrected chi connectivity index (χ1v) is 6.20. The highest BCUT2D eigenvalue weighted by Gasteiger charge is 2.17. The van der Waals surface area contributed by atoms with Crippen molar-refractivity contribution in [1.29, 1.82) is 0 Å².